The molecule has 0 radical (unpaired) electrons. The number of rotatable bonds is 3. The van der Waals surface area contributed by atoms with Gasteiger partial charge in [0, 0.05) is 28.2 Å². The number of H-pyrrole nitrogens is 1. The summed E-state index contributed by atoms with van der Waals surface area (Å²) in [7, 11) is 0. The van der Waals surface area contributed by atoms with Crippen molar-refractivity contribution in [2.75, 3.05) is 6.61 Å². The number of hydrogen-bond donors (Lipinski definition) is 1. The molecule has 0 aliphatic rings. The molecule has 0 saturated heterocycles. The number of halogens is 1. The molecule has 0 aliphatic carbocycles. The molecule has 2 aromatic rings. The first-order valence-corrected chi connectivity index (χ1v) is 5.03. The number of hydrogen-bond acceptors (Lipinski definition) is 1. The van der Waals surface area contributed by atoms with Gasteiger partial charge in [-0.2, -0.15) is 0 Å². The fourth-order valence-corrected chi connectivity index (χ4v) is 1.69. The van der Waals surface area contributed by atoms with Gasteiger partial charge in [-0.3, -0.25) is 0 Å². The molecule has 0 saturated carbocycles. The van der Waals surface area contributed by atoms with E-state index < -0.39 is 0 Å². The number of fused-ring (bicyclic) bond motifs is 1. The maximum Gasteiger partial charge on any atom is 0.0865 e. The summed E-state index contributed by atoms with van der Waals surface area (Å²) in [6, 6.07) is 7.87. The summed E-state index contributed by atoms with van der Waals surface area (Å²) in [5, 5.41) is 1.84. The summed E-state index contributed by atoms with van der Waals surface area (Å²) < 4.78 is 5.31. The van der Waals surface area contributed by atoms with E-state index in [0.29, 0.717) is 6.61 Å². The van der Waals surface area contributed by atoms with Crippen molar-refractivity contribution in [2.24, 2.45) is 0 Å². The summed E-state index contributed by atoms with van der Waals surface area (Å²) in [4.78, 5) is 3.26. The Kier molecular flexibility index (Phi) is 2.75. The maximum absolute atomic E-state index is 6.04. The van der Waals surface area contributed by atoms with Crippen LogP contribution in [0.1, 0.15) is 12.6 Å². The van der Waals surface area contributed by atoms with Crippen LogP contribution in [0.25, 0.3) is 10.9 Å². The second kappa shape index (κ2) is 4.03. The highest BCUT2D eigenvalue weighted by atomic mass is 35.5. The summed E-state index contributed by atoms with van der Waals surface area (Å²) >= 11 is 6.04. The minimum absolute atomic E-state index is 0.613. The van der Waals surface area contributed by atoms with Gasteiger partial charge >= 0.3 is 0 Å². The summed E-state index contributed by atoms with van der Waals surface area (Å²) in [5.74, 6) is 0. The van der Waals surface area contributed by atoms with E-state index in [1.807, 2.05) is 31.2 Å². The van der Waals surface area contributed by atoms with Gasteiger partial charge in [-0.15, -0.1) is 0 Å². The number of ether oxygens (including phenoxy) is 1. The number of aromatic nitrogens is 1. The first kappa shape index (κ1) is 9.56. The van der Waals surface area contributed by atoms with Crippen molar-refractivity contribution in [2.45, 2.75) is 13.5 Å². The van der Waals surface area contributed by atoms with Crippen LogP contribution in [-0.4, -0.2) is 11.6 Å². The lowest BCUT2D eigenvalue weighted by molar-refractivity contribution is 0.132. The SMILES string of the molecule is CCOCc1cc2c(Cl)cccc2[nH]1. The molecule has 1 heterocycles. The molecule has 1 aromatic heterocycles. The third kappa shape index (κ3) is 1.76. The predicted molar refractivity (Wildman–Crippen MR) is 58.6 cm³/mol. The maximum atomic E-state index is 6.04. The summed E-state index contributed by atoms with van der Waals surface area (Å²) in [6.45, 7) is 3.32. The van der Waals surface area contributed by atoms with E-state index in [0.717, 1.165) is 28.2 Å². The molecule has 0 unspecified atom stereocenters. The van der Waals surface area contributed by atoms with Crippen LogP contribution < -0.4 is 0 Å². The Morgan fingerprint density at radius 2 is 2.29 bits per heavy atom. The van der Waals surface area contributed by atoms with Crippen molar-refractivity contribution in [1.82, 2.24) is 4.98 Å². The van der Waals surface area contributed by atoms with Crippen molar-refractivity contribution < 1.29 is 4.74 Å². The van der Waals surface area contributed by atoms with E-state index in [9.17, 15) is 0 Å². The highest BCUT2D eigenvalue weighted by Crippen LogP contribution is 2.24. The van der Waals surface area contributed by atoms with Crippen LogP contribution in [0, 0.1) is 0 Å². The normalized spacial score (nSPS) is 11.0. The minimum Gasteiger partial charge on any atom is -0.376 e. The monoisotopic (exact) mass is 209 g/mol. The molecule has 3 heteroatoms. The average Bonchev–Trinajstić information content (AvgIpc) is 2.59. The van der Waals surface area contributed by atoms with Crippen LogP contribution in [0.15, 0.2) is 24.3 Å². The number of aromatic amines is 1. The number of benzene rings is 1. The second-order valence-corrected chi connectivity index (χ2v) is 3.54. The van der Waals surface area contributed by atoms with Gasteiger partial charge in [-0.1, -0.05) is 17.7 Å². The van der Waals surface area contributed by atoms with E-state index in [1.54, 1.807) is 0 Å². The van der Waals surface area contributed by atoms with Crippen LogP contribution in [-0.2, 0) is 11.3 Å². The molecule has 0 aliphatic heterocycles. The number of nitrogens with one attached hydrogen (secondary N) is 1. The lowest BCUT2D eigenvalue weighted by Crippen LogP contribution is -1.90. The Morgan fingerprint density at radius 3 is 3.00 bits per heavy atom. The quantitative estimate of drug-likeness (QED) is 0.824. The molecule has 14 heavy (non-hydrogen) atoms. The van der Waals surface area contributed by atoms with E-state index in [-0.39, 0.29) is 0 Å². The van der Waals surface area contributed by atoms with E-state index >= 15 is 0 Å². The third-order valence-electron chi connectivity index (χ3n) is 2.13. The Bertz CT molecular complexity index is 436. The van der Waals surface area contributed by atoms with Gasteiger partial charge in [0.2, 0.25) is 0 Å². The van der Waals surface area contributed by atoms with Crippen LogP contribution in [0.5, 0.6) is 0 Å². The first-order chi connectivity index (χ1) is 6.81. The average molecular weight is 210 g/mol. The van der Waals surface area contributed by atoms with E-state index in [2.05, 4.69) is 4.98 Å². The van der Waals surface area contributed by atoms with Gasteiger partial charge in [0.05, 0.1) is 6.61 Å². The Morgan fingerprint density at radius 1 is 1.43 bits per heavy atom. The standard InChI is InChI=1S/C11H12ClNO/c1-2-14-7-8-6-9-10(12)4-3-5-11(9)13-8/h3-6,13H,2,7H2,1H3. The zero-order valence-corrected chi connectivity index (χ0v) is 8.77. The first-order valence-electron chi connectivity index (χ1n) is 4.65. The molecule has 2 nitrogen and oxygen atoms in total. The van der Waals surface area contributed by atoms with Crippen molar-refractivity contribution in [1.29, 1.82) is 0 Å². The minimum atomic E-state index is 0.613. The van der Waals surface area contributed by atoms with Crippen LogP contribution in [0.4, 0.5) is 0 Å². The zero-order chi connectivity index (χ0) is 9.97. The molecule has 1 aromatic carbocycles. The van der Waals surface area contributed by atoms with Crippen molar-refractivity contribution in [3.8, 4) is 0 Å². The topological polar surface area (TPSA) is 25.0 Å². The van der Waals surface area contributed by atoms with Gasteiger partial charge in [0.15, 0.2) is 0 Å². The Labute approximate surface area is 87.8 Å². The lowest BCUT2D eigenvalue weighted by Gasteiger charge is -1.95. The molecule has 2 rings (SSSR count). The molecular weight excluding hydrogens is 198 g/mol. The Hall–Kier alpha value is -0.990. The smallest absolute Gasteiger partial charge is 0.0865 e. The van der Waals surface area contributed by atoms with Gasteiger partial charge in [-0.25, -0.2) is 0 Å². The lowest BCUT2D eigenvalue weighted by atomic mass is 10.2. The van der Waals surface area contributed by atoms with Crippen molar-refractivity contribution in [3.05, 3.63) is 35.0 Å². The molecule has 74 valence electrons. The molecular formula is C11H12ClNO. The van der Waals surface area contributed by atoms with E-state index in [4.69, 9.17) is 16.3 Å². The third-order valence-corrected chi connectivity index (χ3v) is 2.46. The van der Waals surface area contributed by atoms with Crippen molar-refractivity contribution >= 4 is 22.5 Å². The second-order valence-electron chi connectivity index (χ2n) is 3.13. The van der Waals surface area contributed by atoms with Gasteiger partial charge < -0.3 is 9.72 Å². The molecule has 0 fully saturated rings. The van der Waals surface area contributed by atoms with Crippen LogP contribution in [0.2, 0.25) is 5.02 Å². The summed E-state index contributed by atoms with van der Waals surface area (Å²) in [6.07, 6.45) is 0. The fraction of sp³-hybridized carbons (Fsp3) is 0.273. The molecule has 0 amide bonds. The molecule has 0 atom stereocenters. The zero-order valence-electron chi connectivity index (χ0n) is 8.01. The predicted octanol–water partition coefficient (Wildman–Crippen LogP) is 3.36. The van der Waals surface area contributed by atoms with Gasteiger partial charge in [-0.05, 0) is 25.1 Å². The summed E-state index contributed by atoms with van der Waals surface area (Å²) in [5.41, 5.74) is 2.13. The Balaban J connectivity index is 2.36. The van der Waals surface area contributed by atoms with Gasteiger partial charge in [0.1, 0.15) is 0 Å². The van der Waals surface area contributed by atoms with E-state index in [1.165, 1.54) is 0 Å². The fourth-order valence-electron chi connectivity index (χ4n) is 1.47. The van der Waals surface area contributed by atoms with Crippen LogP contribution in [0.3, 0.4) is 0 Å². The highest BCUT2D eigenvalue weighted by molar-refractivity contribution is 6.35. The molecule has 0 bridgehead atoms. The molecule has 1 N–H and O–H groups in total. The molecule has 0 spiro atoms. The largest absolute Gasteiger partial charge is 0.376 e. The van der Waals surface area contributed by atoms with Crippen LogP contribution >= 0.6 is 11.6 Å². The van der Waals surface area contributed by atoms with Crippen molar-refractivity contribution in [3.63, 3.8) is 0 Å². The highest BCUT2D eigenvalue weighted by Gasteiger charge is 2.03. The van der Waals surface area contributed by atoms with Gasteiger partial charge in [0.25, 0.3) is 0 Å².